The number of rotatable bonds is 10. The Bertz CT molecular complexity index is 515. The lowest BCUT2D eigenvalue weighted by Gasteiger charge is -2.21. The van der Waals surface area contributed by atoms with Gasteiger partial charge >= 0.3 is 0 Å². The highest BCUT2D eigenvalue weighted by Gasteiger charge is 2.18. The quantitative estimate of drug-likeness (QED) is 0.691. The largest absolute Gasteiger partial charge is 0.381 e. The van der Waals surface area contributed by atoms with Crippen molar-refractivity contribution >= 4 is 15.7 Å². The lowest BCUT2D eigenvalue weighted by molar-refractivity contribution is 0.561. The second-order valence-corrected chi connectivity index (χ2v) is 7.01. The summed E-state index contributed by atoms with van der Waals surface area (Å²) in [5, 5.41) is 3.43. The maximum Gasteiger partial charge on any atom is 0.242 e. The molecule has 0 saturated carbocycles. The zero-order valence-electron chi connectivity index (χ0n) is 13.4. The number of hydrogen-bond acceptors (Lipinski definition) is 3. The highest BCUT2D eigenvalue weighted by molar-refractivity contribution is 7.89. The second-order valence-electron chi connectivity index (χ2n) is 5.27. The fraction of sp³-hybridized carbons (Fsp3) is 0.625. The van der Waals surface area contributed by atoms with Gasteiger partial charge in [-0.05, 0) is 25.0 Å². The molecule has 0 saturated heterocycles. The smallest absolute Gasteiger partial charge is 0.242 e. The van der Waals surface area contributed by atoms with Crippen molar-refractivity contribution in [3.8, 4) is 0 Å². The van der Waals surface area contributed by atoms with Crippen molar-refractivity contribution in [2.75, 3.05) is 11.9 Å². The summed E-state index contributed by atoms with van der Waals surface area (Å²) in [6, 6.07) is 7.46. The molecule has 0 aromatic heterocycles. The molecule has 0 amide bonds. The van der Waals surface area contributed by atoms with Crippen LogP contribution in [0.3, 0.4) is 0 Å². The Labute approximate surface area is 129 Å². The molecule has 0 aliphatic carbocycles. The summed E-state index contributed by atoms with van der Waals surface area (Å²) in [5.74, 6) is 0. The van der Waals surface area contributed by atoms with Gasteiger partial charge in [-0.25, -0.2) is 13.1 Å². The molecule has 0 spiro atoms. The van der Waals surface area contributed by atoms with Gasteiger partial charge in [0.1, 0.15) is 4.90 Å². The molecule has 0 heterocycles. The third kappa shape index (κ3) is 5.67. The van der Waals surface area contributed by atoms with Gasteiger partial charge in [-0.15, -0.1) is 0 Å². The standard InChI is InChI=1S/C16H28N2O2S/c1-4-7-11-14(10-5-2)18-15-12-8-9-13-16(15)21(19,20)17-6-3/h8-9,12-14,17-18H,4-7,10-11H2,1-3H3. The van der Waals surface area contributed by atoms with Crippen molar-refractivity contribution in [1.29, 1.82) is 0 Å². The van der Waals surface area contributed by atoms with Gasteiger partial charge in [0.25, 0.3) is 0 Å². The molecule has 4 nitrogen and oxygen atoms in total. The Morgan fingerprint density at radius 2 is 1.76 bits per heavy atom. The average Bonchev–Trinajstić information content (AvgIpc) is 2.45. The highest BCUT2D eigenvalue weighted by atomic mass is 32.2. The SMILES string of the molecule is CCCCC(CCC)Nc1ccccc1S(=O)(=O)NCC. The maximum atomic E-state index is 12.3. The van der Waals surface area contributed by atoms with Crippen LogP contribution >= 0.6 is 0 Å². The minimum absolute atomic E-state index is 0.327. The average molecular weight is 312 g/mol. The fourth-order valence-electron chi connectivity index (χ4n) is 2.40. The monoisotopic (exact) mass is 312 g/mol. The molecule has 120 valence electrons. The van der Waals surface area contributed by atoms with E-state index in [0.29, 0.717) is 23.2 Å². The van der Waals surface area contributed by atoms with Crippen LogP contribution in [0.4, 0.5) is 5.69 Å². The van der Waals surface area contributed by atoms with E-state index in [2.05, 4.69) is 23.9 Å². The molecule has 2 N–H and O–H groups in total. The van der Waals surface area contributed by atoms with E-state index in [4.69, 9.17) is 0 Å². The van der Waals surface area contributed by atoms with E-state index in [1.54, 1.807) is 19.1 Å². The number of hydrogen-bond donors (Lipinski definition) is 2. The van der Waals surface area contributed by atoms with Crippen LogP contribution in [-0.2, 0) is 10.0 Å². The number of sulfonamides is 1. The first-order valence-electron chi connectivity index (χ1n) is 7.90. The van der Waals surface area contributed by atoms with Gasteiger partial charge in [0, 0.05) is 12.6 Å². The zero-order chi connectivity index (χ0) is 15.7. The first-order valence-corrected chi connectivity index (χ1v) is 9.38. The molecule has 0 aliphatic rings. The number of nitrogens with one attached hydrogen (secondary N) is 2. The number of anilines is 1. The number of benzene rings is 1. The number of unbranched alkanes of at least 4 members (excludes halogenated alkanes) is 1. The van der Waals surface area contributed by atoms with Crippen LogP contribution < -0.4 is 10.0 Å². The number of para-hydroxylation sites is 1. The van der Waals surface area contributed by atoms with Crippen molar-refractivity contribution in [2.45, 2.75) is 63.8 Å². The van der Waals surface area contributed by atoms with Gasteiger partial charge in [-0.1, -0.05) is 52.2 Å². The van der Waals surface area contributed by atoms with Crippen molar-refractivity contribution in [1.82, 2.24) is 4.72 Å². The van der Waals surface area contributed by atoms with Crippen LogP contribution in [0.5, 0.6) is 0 Å². The Kier molecular flexibility index (Phi) is 7.75. The van der Waals surface area contributed by atoms with E-state index < -0.39 is 10.0 Å². The van der Waals surface area contributed by atoms with Crippen LogP contribution in [0.15, 0.2) is 29.2 Å². The third-order valence-corrected chi connectivity index (χ3v) is 5.02. The first-order chi connectivity index (χ1) is 10.0. The molecule has 21 heavy (non-hydrogen) atoms. The van der Waals surface area contributed by atoms with Crippen LogP contribution in [0.1, 0.15) is 52.9 Å². The molecule has 1 atom stereocenters. The molecule has 1 aromatic rings. The molecule has 0 fully saturated rings. The molecule has 0 aliphatic heterocycles. The zero-order valence-corrected chi connectivity index (χ0v) is 14.2. The van der Waals surface area contributed by atoms with Crippen molar-refractivity contribution < 1.29 is 8.42 Å². The summed E-state index contributed by atoms with van der Waals surface area (Å²) in [6.45, 7) is 6.51. The van der Waals surface area contributed by atoms with E-state index in [0.717, 1.165) is 32.1 Å². The first kappa shape index (κ1) is 18.0. The minimum atomic E-state index is -3.43. The molecule has 1 unspecified atom stereocenters. The Balaban J connectivity index is 2.96. The molecule has 0 bridgehead atoms. The van der Waals surface area contributed by atoms with E-state index in [1.807, 2.05) is 12.1 Å². The normalized spacial score (nSPS) is 13.1. The summed E-state index contributed by atoms with van der Waals surface area (Å²) in [6.07, 6.45) is 5.51. The summed E-state index contributed by atoms with van der Waals surface area (Å²) >= 11 is 0. The van der Waals surface area contributed by atoms with E-state index in [1.165, 1.54) is 0 Å². The lowest BCUT2D eigenvalue weighted by Crippen LogP contribution is -2.26. The lowest BCUT2D eigenvalue weighted by atomic mass is 10.0. The molecule has 0 radical (unpaired) electrons. The summed E-state index contributed by atoms with van der Waals surface area (Å²) in [5.41, 5.74) is 0.702. The third-order valence-electron chi connectivity index (χ3n) is 3.41. The highest BCUT2D eigenvalue weighted by Crippen LogP contribution is 2.23. The maximum absolute atomic E-state index is 12.3. The van der Waals surface area contributed by atoms with Gasteiger partial charge in [-0.3, -0.25) is 0 Å². The van der Waals surface area contributed by atoms with Gasteiger partial charge in [0.15, 0.2) is 0 Å². The van der Waals surface area contributed by atoms with E-state index in [-0.39, 0.29) is 0 Å². The Morgan fingerprint density at radius 3 is 2.38 bits per heavy atom. The van der Waals surface area contributed by atoms with Crippen LogP contribution in [0.25, 0.3) is 0 Å². The van der Waals surface area contributed by atoms with E-state index >= 15 is 0 Å². The van der Waals surface area contributed by atoms with Gasteiger partial charge < -0.3 is 5.32 Å². The molecule has 5 heteroatoms. The summed E-state index contributed by atoms with van der Waals surface area (Å²) in [4.78, 5) is 0.337. The van der Waals surface area contributed by atoms with E-state index in [9.17, 15) is 8.42 Å². The predicted octanol–water partition coefficient (Wildman–Crippen LogP) is 3.76. The fourth-order valence-corrected chi connectivity index (χ4v) is 3.61. The van der Waals surface area contributed by atoms with Crippen LogP contribution in [0.2, 0.25) is 0 Å². The van der Waals surface area contributed by atoms with Gasteiger partial charge in [-0.2, -0.15) is 0 Å². The van der Waals surface area contributed by atoms with Crippen LogP contribution in [-0.4, -0.2) is 21.0 Å². The topological polar surface area (TPSA) is 58.2 Å². The van der Waals surface area contributed by atoms with Gasteiger partial charge in [0.05, 0.1) is 5.69 Å². The Hall–Kier alpha value is -1.07. The molecular weight excluding hydrogens is 284 g/mol. The van der Waals surface area contributed by atoms with Crippen LogP contribution in [0, 0.1) is 0 Å². The molecule has 1 rings (SSSR count). The Morgan fingerprint density at radius 1 is 1.05 bits per heavy atom. The second kappa shape index (κ2) is 9.05. The van der Waals surface area contributed by atoms with Crippen molar-refractivity contribution in [2.24, 2.45) is 0 Å². The molecular formula is C16H28N2O2S. The van der Waals surface area contributed by atoms with Gasteiger partial charge in [0.2, 0.25) is 10.0 Å². The van der Waals surface area contributed by atoms with Crippen molar-refractivity contribution in [3.63, 3.8) is 0 Å². The summed E-state index contributed by atoms with van der Waals surface area (Å²) < 4.78 is 27.1. The van der Waals surface area contributed by atoms with Crippen molar-refractivity contribution in [3.05, 3.63) is 24.3 Å². The summed E-state index contributed by atoms with van der Waals surface area (Å²) in [7, 11) is -3.43. The predicted molar refractivity (Wildman–Crippen MR) is 89.1 cm³/mol. The minimum Gasteiger partial charge on any atom is -0.381 e. The molecule has 1 aromatic carbocycles.